The molecule has 0 aliphatic carbocycles. The molecule has 1 heterocycles. The van der Waals surface area contributed by atoms with Crippen molar-refractivity contribution in [2.45, 2.75) is 32.6 Å². The van der Waals surface area contributed by atoms with E-state index in [1.54, 1.807) is 19.1 Å². The Balaban J connectivity index is 1.70. The third-order valence-corrected chi connectivity index (χ3v) is 3.68. The number of rotatable bonds is 8. The van der Waals surface area contributed by atoms with Crippen molar-refractivity contribution in [1.29, 1.82) is 0 Å². The lowest BCUT2D eigenvalue weighted by atomic mass is 10.1. The van der Waals surface area contributed by atoms with Crippen LogP contribution in [0, 0.1) is 0 Å². The highest BCUT2D eigenvalue weighted by molar-refractivity contribution is 6.20. The number of carbonyl (C=O) groups excluding carboxylic acids is 4. The smallest absolute Gasteiger partial charge is 0.333 e. The minimum absolute atomic E-state index is 0.0852. The molecule has 1 aromatic carbocycles. The Hall–Kier alpha value is -2.96. The molecule has 132 valence electrons. The van der Waals surface area contributed by atoms with Gasteiger partial charge in [0.15, 0.2) is 0 Å². The van der Waals surface area contributed by atoms with Crippen molar-refractivity contribution >= 4 is 23.7 Å². The molecule has 0 bridgehead atoms. The van der Waals surface area contributed by atoms with E-state index in [-0.39, 0.29) is 23.5 Å². The van der Waals surface area contributed by atoms with Crippen molar-refractivity contribution in [2.24, 2.45) is 0 Å². The molecule has 0 saturated carbocycles. The predicted molar refractivity (Wildman–Crippen MR) is 89.3 cm³/mol. The molecule has 0 radical (unpaired) electrons. The molecule has 0 atom stereocenters. The van der Waals surface area contributed by atoms with Gasteiger partial charge < -0.3 is 10.2 Å². The fraction of sp³-hybridized carbons (Fsp3) is 0.333. The van der Waals surface area contributed by atoms with Gasteiger partial charge in [-0.2, -0.15) is 0 Å². The molecule has 25 heavy (non-hydrogen) atoms. The quantitative estimate of drug-likeness (QED) is 0.442. The van der Waals surface area contributed by atoms with E-state index in [1.165, 1.54) is 12.1 Å². The number of nitrogens with zero attached hydrogens (tertiary/aromatic N) is 1. The van der Waals surface area contributed by atoms with Gasteiger partial charge >= 0.3 is 5.97 Å². The molecule has 0 aromatic heterocycles. The number of unbranched alkanes of at least 4 members (excludes halogenated alkanes) is 2. The number of carbonyl (C=O) groups is 4. The van der Waals surface area contributed by atoms with Crippen molar-refractivity contribution in [3.05, 3.63) is 47.5 Å². The summed E-state index contributed by atoms with van der Waals surface area (Å²) in [5.41, 5.74) is 0.909. The topological polar surface area (TPSA) is 92.8 Å². The van der Waals surface area contributed by atoms with Gasteiger partial charge in [0, 0.05) is 18.5 Å². The molecule has 0 fully saturated rings. The van der Waals surface area contributed by atoms with Crippen LogP contribution in [0.2, 0.25) is 0 Å². The number of benzene rings is 1. The number of hydrogen-bond acceptors (Lipinski definition) is 5. The van der Waals surface area contributed by atoms with Gasteiger partial charge in [-0.1, -0.05) is 30.2 Å². The van der Waals surface area contributed by atoms with E-state index in [0.717, 1.165) is 0 Å². The van der Waals surface area contributed by atoms with Crippen LogP contribution < -0.4 is 5.32 Å². The summed E-state index contributed by atoms with van der Waals surface area (Å²) in [5, 5.41) is 3.21. The van der Waals surface area contributed by atoms with Crippen LogP contribution in [0.1, 0.15) is 53.3 Å². The zero-order valence-electron chi connectivity index (χ0n) is 14.0. The third kappa shape index (κ3) is 4.53. The lowest BCUT2D eigenvalue weighted by molar-refractivity contribution is -0.168. The summed E-state index contributed by atoms with van der Waals surface area (Å²) < 4.78 is 0. The van der Waals surface area contributed by atoms with E-state index in [9.17, 15) is 19.2 Å². The lowest BCUT2D eigenvalue weighted by Crippen LogP contribution is -2.32. The second-order valence-corrected chi connectivity index (χ2v) is 5.76. The average molecular weight is 344 g/mol. The maximum absolute atomic E-state index is 12.1. The highest BCUT2D eigenvalue weighted by atomic mass is 16.7. The minimum Gasteiger partial charge on any atom is -0.352 e. The molecule has 1 N–H and O–H groups in total. The number of imide groups is 1. The van der Waals surface area contributed by atoms with Gasteiger partial charge in [0.25, 0.3) is 11.8 Å². The molecule has 1 aliphatic rings. The molecule has 1 aliphatic heterocycles. The average Bonchev–Trinajstić information content (AvgIpc) is 2.83. The van der Waals surface area contributed by atoms with E-state index >= 15 is 0 Å². The molecule has 0 unspecified atom stereocenters. The highest BCUT2D eigenvalue weighted by Crippen LogP contribution is 2.22. The number of hydroxylamine groups is 2. The SMILES string of the molecule is C=C(C)C(=O)NCCCCCC(=O)ON1C(=O)c2ccccc2C1=O. The largest absolute Gasteiger partial charge is 0.352 e. The zero-order chi connectivity index (χ0) is 18.4. The maximum Gasteiger partial charge on any atom is 0.333 e. The van der Waals surface area contributed by atoms with E-state index in [4.69, 9.17) is 4.84 Å². The number of amides is 3. The van der Waals surface area contributed by atoms with Gasteiger partial charge in [0.1, 0.15) is 0 Å². The van der Waals surface area contributed by atoms with Crippen LogP contribution in [0.15, 0.2) is 36.4 Å². The van der Waals surface area contributed by atoms with Crippen LogP contribution in [-0.4, -0.2) is 35.3 Å². The molecule has 0 saturated heterocycles. The van der Waals surface area contributed by atoms with Crippen LogP contribution in [0.3, 0.4) is 0 Å². The molecular weight excluding hydrogens is 324 g/mol. The summed E-state index contributed by atoms with van der Waals surface area (Å²) in [6.07, 6.45) is 2.03. The Morgan fingerprint density at radius 1 is 1.08 bits per heavy atom. The first-order valence-electron chi connectivity index (χ1n) is 8.04. The van der Waals surface area contributed by atoms with Gasteiger partial charge in [0.2, 0.25) is 5.91 Å². The summed E-state index contributed by atoms with van der Waals surface area (Å²) >= 11 is 0. The van der Waals surface area contributed by atoms with Gasteiger partial charge in [0.05, 0.1) is 11.1 Å². The number of nitrogens with one attached hydrogen (secondary N) is 1. The summed E-state index contributed by atoms with van der Waals surface area (Å²) in [4.78, 5) is 52.1. The molecule has 0 spiro atoms. The Bertz CT molecular complexity index is 691. The Kier molecular flexibility index (Phi) is 6.05. The molecule has 7 heteroatoms. The van der Waals surface area contributed by atoms with Gasteiger partial charge in [-0.3, -0.25) is 14.4 Å². The van der Waals surface area contributed by atoms with Crippen molar-refractivity contribution < 1.29 is 24.0 Å². The normalized spacial score (nSPS) is 12.8. The van der Waals surface area contributed by atoms with Crippen LogP contribution in [0.5, 0.6) is 0 Å². The van der Waals surface area contributed by atoms with E-state index < -0.39 is 17.8 Å². The van der Waals surface area contributed by atoms with Crippen LogP contribution in [0.4, 0.5) is 0 Å². The molecule has 1 aromatic rings. The molecule has 3 amide bonds. The number of hydrogen-bond donors (Lipinski definition) is 1. The number of fused-ring (bicyclic) bond motifs is 1. The van der Waals surface area contributed by atoms with Crippen LogP contribution >= 0.6 is 0 Å². The standard InChI is InChI=1S/C18H20N2O5/c1-12(2)16(22)19-11-7-3-4-10-15(21)25-20-17(23)13-8-5-6-9-14(13)18(20)24/h5-6,8-9H,1,3-4,7,10-11H2,2H3,(H,19,22). The van der Waals surface area contributed by atoms with Crippen molar-refractivity contribution in [3.63, 3.8) is 0 Å². The predicted octanol–water partition coefficient (Wildman–Crippen LogP) is 1.99. The second kappa shape index (κ2) is 8.23. The first-order chi connectivity index (χ1) is 11.9. The minimum atomic E-state index is -0.638. The summed E-state index contributed by atoms with van der Waals surface area (Å²) in [5.74, 6) is -2.08. The Morgan fingerprint density at radius 2 is 1.68 bits per heavy atom. The maximum atomic E-state index is 12.1. The highest BCUT2D eigenvalue weighted by Gasteiger charge is 2.38. The van der Waals surface area contributed by atoms with Crippen molar-refractivity contribution in [3.8, 4) is 0 Å². The first kappa shape index (κ1) is 18.4. The summed E-state index contributed by atoms with van der Waals surface area (Å²) in [6, 6.07) is 6.31. The molecule has 2 rings (SSSR count). The van der Waals surface area contributed by atoms with E-state index in [1.807, 2.05) is 0 Å². The second-order valence-electron chi connectivity index (χ2n) is 5.76. The van der Waals surface area contributed by atoms with Crippen LogP contribution in [-0.2, 0) is 14.4 Å². The molecule has 7 nitrogen and oxygen atoms in total. The summed E-state index contributed by atoms with van der Waals surface area (Å²) in [7, 11) is 0. The summed E-state index contributed by atoms with van der Waals surface area (Å²) in [6.45, 7) is 5.67. The fourth-order valence-corrected chi connectivity index (χ4v) is 2.32. The molecular formula is C18H20N2O5. The van der Waals surface area contributed by atoms with E-state index in [2.05, 4.69) is 11.9 Å². The first-order valence-corrected chi connectivity index (χ1v) is 8.04. The Morgan fingerprint density at radius 3 is 2.24 bits per heavy atom. The Labute approximate surface area is 145 Å². The van der Waals surface area contributed by atoms with Gasteiger partial charge in [-0.25, -0.2) is 4.79 Å². The van der Waals surface area contributed by atoms with Crippen molar-refractivity contribution in [1.82, 2.24) is 10.4 Å². The lowest BCUT2D eigenvalue weighted by Gasteiger charge is -2.12. The van der Waals surface area contributed by atoms with Crippen molar-refractivity contribution in [2.75, 3.05) is 6.54 Å². The monoisotopic (exact) mass is 344 g/mol. The van der Waals surface area contributed by atoms with Gasteiger partial charge in [-0.05, 0) is 31.9 Å². The zero-order valence-corrected chi connectivity index (χ0v) is 14.0. The van der Waals surface area contributed by atoms with Gasteiger partial charge in [-0.15, -0.1) is 0 Å². The van der Waals surface area contributed by atoms with Crippen LogP contribution in [0.25, 0.3) is 0 Å². The third-order valence-electron chi connectivity index (χ3n) is 3.68. The fourth-order valence-electron chi connectivity index (χ4n) is 2.32. The van der Waals surface area contributed by atoms with E-state index in [0.29, 0.717) is 36.4 Å².